The highest BCUT2D eigenvalue weighted by atomic mass is 35.5. The Bertz CT molecular complexity index is 319. The maximum Gasteiger partial charge on any atom is 0.174 e. The largest absolute Gasteiger partial charge is 0.477 e. The fourth-order valence-corrected chi connectivity index (χ4v) is 0.967. The van der Waals surface area contributed by atoms with E-state index in [2.05, 4.69) is 6.07 Å². The SMILES string of the molecule is N#CCOc1cc(Cl)[c]cc1Cl. The fourth-order valence-electron chi connectivity index (χ4n) is 0.650. The van der Waals surface area contributed by atoms with Gasteiger partial charge in [0.25, 0.3) is 0 Å². The quantitative estimate of drug-likeness (QED) is 0.736. The number of halogens is 2. The predicted molar refractivity (Wildman–Crippen MR) is 46.4 cm³/mol. The molecule has 0 fully saturated rings. The molecule has 0 aliphatic heterocycles. The van der Waals surface area contributed by atoms with Crippen molar-refractivity contribution in [3.8, 4) is 11.8 Å². The normalized spacial score (nSPS) is 9.08. The maximum absolute atomic E-state index is 8.23. The number of benzene rings is 1. The van der Waals surface area contributed by atoms with Gasteiger partial charge in [-0.3, -0.25) is 0 Å². The van der Waals surface area contributed by atoms with Crippen molar-refractivity contribution in [3.05, 3.63) is 28.2 Å². The number of hydrogen-bond acceptors (Lipinski definition) is 2. The second-order valence-electron chi connectivity index (χ2n) is 1.94. The lowest BCUT2D eigenvalue weighted by molar-refractivity contribution is 0.368. The number of ether oxygens (including phenoxy) is 1. The maximum atomic E-state index is 8.23. The molecule has 61 valence electrons. The van der Waals surface area contributed by atoms with Gasteiger partial charge in [-0.1, -0.05) is 23.2 Å². The Kier molecular flexibility index (Phi) is 3.21. The van der Waals surface area contributed by atoms with E-state index >= 15 is 0 Å². The molecule has 12 heavy (non-hydrogen) atoms. The lowest BCUT2D eigenvalue weighted by Crippen LogP contribution is -1.93. The van der Waals surface area contributed by atoms with E-state index in [9.17, 15) is 0 Å². The zero-order chi connectivity index (χ0) is 8.97. The number of nitriles is 1. The van der Waals surface area contributed by atoms with Gasteiger partial charge in [0.05, 0.1) is 10.0 Å². The third kappa shape index (κ3) is 2.30. The molecular weight excluding hydrogens is 197 g/mol. The summed E-state index contributed by atoms with van der Waals surface area (Å²) in [6.07, 6.45) is 0. The molecule has 0 saturated heterocycles. The van der Waals surface area contributed by atoms with Crippen molar-refractivity contribution in [1.82, 2.24) is 0 Å². The molecule has 0 atom stereocenters. The average Bonchev–Trinajstić information content (AvgIpc) is 2.07. The average molecular weight is 201 g/mol. The molecule has 1 radical (unpaired) electrons. The number of nitrogens with zero attached hydrogens (tertiary/aromatic N) is 1. The Morgan fingerprint density at radius 2 is 2.33 bits per heavy atom. The predicted octanol–water partition coefficient (Wildman–Crippen LogP) is 2.70. The summed E-state index contributed by atoms with van der Waals surface area (Å²) in [4.78, 5) is 0. The molecule has 0 spiro atoms. The molecule has 0 aliphatic rings. The smallest absolute Gasteiger partial charge is 0.174 e. The Morgan fingerprint density at radius 3 is 3.00 bits per heavy atom. The van der Waals surface area contributed by atoms with Crippen LogP contribution in [0.1, 0.15) is 0 Å². The number of rotatable bonds is 2. The first kappa shape index (κ1) is 9.18. The van der Waals surface area contributed by atoms with Crippen LogP contribution in [0, 0.1) is 17.4 Å². The zero-order valence-electron chi connectivity index (χ0n) is 5.97. The molecule has 4 heteroatoms. The summed E-state index contributed by atoms with van der Waals surface area (Å²) in [6, 6.07) is 7.53. The first-order valence-electron chi connectivity index (χ1n) is 3.10. The van der Waals surface area contributed by atoms with E-state index < -0.39 is 0 Å². The minimum absolute atomic E-state index is 0.0416. The second-order valence-corrected chi connectivity index (χ2v) is 2.75. The molecule has 2 nitrogen and oxygen atoms in total. The van der Waals surface area contributed by atoms with Gasteiger partial charge in [0.1, 0.15) is 11.8 Å². The first-order chi connectivity index (χ1) is 5.74. The fraction of sp³-hybridized carbons (Fsp3) is 0.125. The monoisotopic (exact) mass is 200 g/mol. The molecule has 1 aromatic carbocycles. The van der Waals surface area contributed by atoms with E-state index in [4.69, 9.17) is 33.2 Å². The molecule has 0 aromatic heterocycles. The minimum Gasteiger partial charge on any atom is -0.477 e. The van der Waals surface area contributed by atoms with Crippen LogP contribution in [-0.2, 0) is 0 Å². The molecule has 1 rings (SSSR count). The van der Waals surface area contributed by atoms with E-state index in [-0.39, 0.29) is 6.61 Å². The van der Waals surface area contributed by atoms with Crippen LogP contribution in [0.25, 0.3) is 0 Å². The van der Waals surface area contributed by atoms with Gasteiger partial charge < -0.3 is 4.74 Å². The lowest BCUT2D eigenvalue weighted by atomic mass is 10.3. The van der Waals surface area contributed by atoms with Crippen LogP contribution in [0.5, 0.6) is 5.75 Å². The van der Waals surface area contributed by atoms with E-state index in [1.54, 1.807) is 0 Å². The van der Waals surface area contributed by atoms with Crippen molar-refractivity contribution in [2.45, 2.75) is 0 Å². The second kappa shape index (κ2) is 4.20. The van der Waals surface area contributed by atoms with Gasteiger partial charge in [0, 0.05) is 12.1 Å². The molecule has 0 aliphatic carbocycles. The molecule has 0 amide bonds. The summed E-state index contributed by atoms with van der Waals surface area (Å²) in [5.41, 5.74) is 0. The van der Waals surface area contributed by atoms with Gasteiger partial charge >= 0.3 is 0 Å². The first-order valence-corrected chi connectivity index (χ1v) is 3.86. The van der Waals surface area contributed by atoms with E-state index in [0.717, 1.165) is 0 Å². The molecule has 1 aromatic rings. The molecule has 0 N–H and O–H groups in total. The molecule has 0 bridgehead atoms. The standard InChI is InChI=1S/C8H4Cl2NO/c9-6-1-2-7(10)8(5-6)12-4-3-11/h2,5H,4H2. The van der Waals surface area contributed by atoms with Crippen LogP contribution >= 0.6 is 23.2 Å². The van der Waals surface area contributed by atoms with Gasteiger partial charge in [-0.2, -0.15) is 5.26 Å². The third-order valence-electron chi connectivity index (χ3n) is 1.12. The zero-order valence-corrected chi connectivity index (χ0v) is 7.49. The Hall–Kier alpha value is -0.910. The van der Waals surface area contributed by atoms with Crippen molar-refractivity contribution in [3.63, 3.8) is 0 Å². The van der Waals surface area contributed by atoms with Crippen molar-refractivity contribution in [2.75, 3.05) is 6.61 Å². The van der Waals surface area contributed by atoms with Crippen LogP contribution in [-0.4, -0.2) is 6.61 Å². The Labute approximate surface area is 80.3 Å². The number of hydrogen-bond donors (Lipinski definition) is 0. The van der Waals surface area contributed by atoms with E-state index in [1.807, 2.05) is 6.07 Å². The summed E-state index contributed by atoms with van der Waals surface area (Å²) in [6.45, 7) is -0.0416. The summed E-state index contributed by atoms with van der Waals surface area (Å²) in [7, 11) is 0. The van der Waals surface area contributed by atoms with Gasteiger partial charge in [-0.25, -0.2) is 0 Å². The van der Waals surface area contributed by atoms with Crippen molar-refractivity contribution in [1.29, 1.82) is 5.26 Å². The van der Waals surface area contributed by atoms with Crippen molar-refractivity contribution >= 4 is 23.2 Å². The summed E-state index contributed by atoms with van der Waals surface area (Å²) in [5.74, 6) is 0.405. The molecule has 0 unspecified atom stereocenters. The van der Waals surface area contributed by atoms with Gasteiger partial charge in [-0.15, -0.1) is 0 Å². The molecule has 0 heterocycles. The van der Waals surface area contributed by atoms with Crippen LogP contribution in [0.2, 0.25) is 10.0 Å². The van der Waals surface area contributed by atoms with Crippen LogP contribution in [0.4, 0.5) is 0 Å². The minimum atomic E-state index is -0.0416. The highest BCUT2D eigenvalue weighted by Crippen LogP contribution is 2.26. The van der Waals surface area contributed by atoms with E-state index in [1.165, 1.54) is 12.1 Å². The van der Waals surface area contributed by atoms with Crippen LogP contribution in [0.15, 0.2) is 12.1 Å². The molecule has 0 saturated carbocycles. The summed E-state index contributed by atoms with van der Waals surface area (Å²) >= 11 is 11.3. The summed E-state index contributed by atoms with van der Waals surface area (Å²) in [5, 5.41) is 9.04. The third-order valence-corrected chi connectivity index (χ3v) is 1.64. The lowest BCUT2D eigenvalue weighted by Gasteiger charge is -2.03. The van der Waals surface area contributed by atoms with Crippen LogP contribution < -0.4 is 4.74 Å². The Morgan fingerprint density at radius 1 is 1.58 bits per heavy atom. The van der Waals surface area contributed by atoms with Gasteiger partial charge in [0.2, 0.25) is 0 Å². The molecular formula is C8H4Cl2NO. The van der Waals surface area contributed by atoms with Gasteiger partial charge in [0.15, 0.2) is 6.61 Å². The van der Waals surface area contributed by atoms with Crippen LogP contribution in [0.3, 0.4) is 0 Å². The van der Waals surface area contributed by atoms with E-state index in [0.29, 0.717) is 15.8 Å². The highest BCUT2D eigenvalue weighted by molar-refractivity contribution is 6.34. The van der Waals surface area contributed by atoms with Crippen molar-refractivity contribution < 1.29 is 4.74 Å². The van der Waals surface area contributed by atoms with Gasteiger partial charge in [-0.05, 0) is 6.07 Å². The topological polar surface area (TPSA) is 33.0 Å². The summed E-state index contributed by atoms with van der Waals surface area (Å²) < 4.78 is 4.97. The van der Waals surface area contributed by atoms with Crippen molar-refractivity contribution in [2.24, 2.45) is 0 Å². The Balaban J connectivity index is 2.84. The highest BCUT2D eigenvalue weighted by Gasteiger charge is 2.01.